The summed E-state index contributed by atoms with van der Waals surface area (Å²) < 4.78 is 4.93. The van der Waals surface area contributed by atoms with Crippen LogP contribution in [0.15, 0.2) is 42.5 Å². The molecular formula is C21H24N2O4. The first-order valence-electron chi connectivity index (χ1n) is 8.74. The SMILES string of the molecule is CCOC(=O)c1ccc(NC(=O)CN(C(C)=O)c2c(C)cccc2C)cc1. The summed E-state index contributed by atoms with van der Waals surface area (Å²) in [5, 5.41) is 2.75. The van der Waals surface area contributed by atoms with Crippen LogP contribution in [0.1, 0.15) is 35.3 Å². The van der Waals surface area contributed by atoms with Gasteiger partial charge in [0.25, 0.3) is 0 Å². The molecule has 0 saturated heterocycles. The summed E-state index contributed by atoms with van der Waals surface area (Å²) in [5.74, 6) is -0.940. The predicted molar refractivity (Wildman–Crippen MR) is 105 cm³/mol. The Bertz CT molecular complexity index is 824. The minimum atomic E-state index is -0.409. The molecule has 0 aliphatic rings. The van der Waals surface area contributed by atoms with Gasteiger partial charge in [-0.25, -0.2) is 4.79 Å². The number of aryl methyl sites for hydroxylation is 2. The number of ether oxygens (including phenoxy) is 1. The Morgan fingerprint density at radius 3 is 2.11 bits per heavy atom. The first-order valence-corrected chi connectivity index (χ1v) is 8.74. The highest BCUT2D eigenvalue weighted by Crippen LogP contribution is 2.24. The largest absolute Gasteiger partial charge is 0.462 e. The molecule has 0 bridgehead atoms. The average Bonchev–Trinajstić information content (AvgIpc) is 2.61. The number of anilines is 2. The van der Waals surface area contributed by atoms with E-state index in [4.69, 9.17) is 4.74 Å². The summed E-state index contributed by atoms with van der Waals surface area (Å²) in [5.41, 5.74) is 3.56. The smallest absolute Gasteiger partial charge is 0.338 e. The van der Waals surface area contributed by atoms with E-state index in [0.29, 0.717) is 17.9 Å². The van der Waals surface area contributed by atoms with Gasteiger partial charge in [0.05, 0.1) is 17.9 Å². The van der Waals surface area contributed by atoms with Crippen LogP contribution in [0.4, 0.5) is 11.4 Å². The normalized spacial score (nSPS) is 10.2. The molecule has 0 atom stereocenters. The van der Waals surface area contributed by atoms with Crippen molar-refractivity contribution in [3.05, 3.63) is 59.2 Å². The average molecular weight is 368 g/mol. The second kappa shape index (κ2) is 8.98. The highest BCUT2D eigenvalue weighted by atomic mass is 16.5. The van der Waals surface area contributed by atoms with Crippen molar-refractivity contribution in [2.45, 2.75) is 27.7 Å². The lowest BCUT2D eigenvalue weighted by Crippen LogP contribution is -2.37. The summed E-state index contributed by atoms with van der Waals surface area (Å²) in [6.07, 6.45) is 0. The molecule has 0 unspecified atom stereocenters. The van der Waals surface area contributed by atoms with E-state index in [9.17, 15) is 14.4 Å². The Kier molecular flexibility index (Phi) is 6.71. The van der Waals surface area contributed by atoms with E-state index < -0.39 is 5.97 Å². The first-order chi connectivity index (χ1) is 12.8. The summed E-state index contributed by atoms with van der Waals surface area (Å²) in [7, 11) is 0. The van der Waals surface area contributed by atoms with Crippen LogP contribution in [-0.2, 0) is 14.3 Å². The van der Waals surface area contributed by atoms with Gasteiger partial charge < -0.3 is 15.0 Å². The molecule has 0 spiro atoms. The number of esters is 1. The number of carbonyl (C=O) groups is 3. The summed E-state index contributed by atoms with van der Waals surface area (Å²) in [4.78, 5) is 37.7. The minimum Gasteiger partial charge on any atom is -0.462 e. The lowest BCUT2D eigenvalue weighted by molar-refractivity contribution is -0.120. The maximum atomic E-state index is 12.4. The topological polar surface area (TPSA) is 75.7 Å². The van der Waals surface area contributed by atoms with E-state index in [1.165, 1.54) is 11.8 Å². The molecule has 27 heavy (non-hydrogen) atoms. The van der Waals surface area contributed by atoms with Crippen molar-refractivity contribution in [2.24, 2.45) is 0 Å². The number of nitrogens with zero attached hydrogens (tertiary/aromatic N) is 1. The second-order valence-electron chi connectivity index (χ2n) is 6.19. The minimum absolute atomic E-state index is 0.0966. The van der Waals surface area contributed by atoms with Crippen molar-refractivity contribution in [3.8, 4) is 0 Å². The van der Waals surface area contributed by atoms with Gasteiger partial charge in [-0.3, -0.25) is 9.59 Å². The number of hydrogen-bond donors (Lipinski definition) is 1. The fourth-order valence-electron chi connectivity index (χ4n) is 2.83. The Morgan fingerprint density at radius 2 is 1.59 bits per heavy atom. The van der Waals surface area contributed by atoms with Crippen molar-refractivity contribution in [1.82, 2.24) is 0 Å². The van der Waals surface area contributed by atoms with Crippen molar-refractivity contribution >= 4 is 29.2 Å². The Morgan fingerprint density at radius 1 is 1.00 bits per heavy atom. The van der Waals surface area contributed by atoms with Crippen LogP contribution in [-0.4, -0.2) is 30.9 Å². The van der Waals surface area contributed by atoms with Crippen molar-refractivity contribution < 1.29 is 19.1 Å². The van der Waals surface area contributed by atoms with Crippen molar-refractivity contribution in [2.75, 3.05) is 23.4 Å². The molecule has 142 valence electrons. The molecule has 0 aliphatic carbocycles. The van der Waals surface area contributed by atoms with Gasteiger partial charge in [-0.15, -0.1) is 0 Å². The number of nitrogens with one attached hydrogen (secondary N) is 1. The first kappa shape index (κ1) is 20.2. The maximum Gasteiger partial charge on any atom is 0.338 e. The zero-order chi connectivity index (χ0) is 20.0. The molecule has 0 heterocycles. The fourth-order valence-corrected chi connectivity index (χ4v) is 2.83. The third kappa shape index (κ3) is 5.17. The highest BCUT2D eigenvalue weighted by molar-refractivity contribution is 6.02. The van der Waals surface area contributed by atoms with E-state index in [1.54, 1.807) is 31.2 Å². The van der Waals surface area contributed by atoms with Gasteiger partial charge in [0.1, 0.15) is 6.54 Å². The third-order valence-corrected chi connectivity index (χ3v) is 4.07. The molecule has 0 aliphatic heterocycles. The zero-order valence-electron chi connectivity index (χ0n) is 16.0. The fraction of sp³-hybridized carbons (Fsp3) is 0.286. The van der Waals surface area contributed by atoms with Crippen LogP contribution in [0.5, 0.6) is 0 Å². The molecular weight excluding hydrogens is 344 g/mol. The molecule has 0 fully saturated rings. The number of amides is 2. The number of benzene rings is 2. The molecule has 2 rings (SSSR count). The molecule has 0 radical (unpaired) electrons. The highest BCUT2D eigenvalue weighted by Gasteiger charge is 2.19. The Hall–Kier alpha value is -3.15. The van der Waals surface area contributed by atoms with Gasteiger partial charge in [0.15, 0.2) is 0 Å². The monoisotopic (exact) mass is 368 g/mol. The standard InChI is InChI=1S/C21H24N2O4/c1-5-27-21(26)17-9-11-18(12-10-17)22-19(25)13-23(16(4)24)20-14(2)7-6-8-15(20)3/h6-12H,5,13H2,1-4H3,(H,22,25). The van der Waals surface area contributed by atoms with Crippen LogP contribution in [0.25, 0.3) is 0 Å². The van der Waals surface area contributed by atoms with E-state index in [0.717, 1.165) is 16.8 Å². The summed E-state index contributed by atoms with van der Waals surface area (Å²) >= 11 is 0. The third-order valence-electron chi connectivity index (χ3n) is 4.07. The van der Waals surface area contributed by atoms with Crippen molar-refractivity contribution in [1.29, 1.82) is 0 Å². The molecule has 1 N–H and O–H groups in total. The second-order valence-corrected chi connectivity index (χ2v) is 6.19. The lowest BCUT2D eigenvalue weighted by Gasteiger charge is -2.24. The summed E-state index contributed by atoms with van der Waals surface area (Å²) in [6, 6.07) is 12.2. The van der Waals surface area contributed by atoms with E-state index in [1.807, 2.05) is 32.0 Å². The van der Waals surface area contributed by atoms with Crippen molar-refractivity contribution in [3.63, 3.8) is 0 Å². The lowest BCUT2D eigenvalue weighted by atomic mass is 10.1. The molecule has 2 amide bonds. The number of carbonyl (C=O) groups excluding carboxylic acids is 3. The van der Waals surface area contributed by atoms with Crippen LogP contribution in [0.2, 0.25) is 0 Å². The Labute approximate surface area is 159 Å². The van der Waals surface area contributed by atoms with E-state index >= 15 is 0 Å². The number of rotatable bonds is 6. The zero-order valence-corrected chi connectivity index (χ0v) is 16.0. The molecule has 2 aromatic carbocycles. The van der Waals surface area contributed by atoms with Gasteiger partial charge in [0.2, 0.25) is 11.8 Å². The van der Waals surface area contributed by atoms with Gasteiger partial charge in [-0.1, -0.05) is 18.2 Å². The van der Waals surface area contributed by atoms with Crippen LogP contribution in [0.3, 0.4) is 0 Å². The number of para-hydroxylation sites is 1. The maximum absolute atomic E-state index is 12.4. The quantitative estimate of drug-likeness (QED) is 0.792. The van der Waals surface area contributed by atoms with Crippen LogP contribution < -0.4 is 10.2 Å². The van der Waals surface area contributed by atoms with Gasteiger partial charge in [-0.2, -0.15) is 0 Å². The van der Waals surface area contributed by atoms with Crippen LogP contribution >= 0.6 is 0 Å². The molecule has 2 aromatic rings. The van der Waals surface area contributed by atoms with E-state index in [2.05, 4.69) is 5.32 Å². The molecule has 0 aromatic heterocycles. The number of hydrogen-bond acceptors (Lipinski definition) is 4. The van der Waals surface area contributed by atoms with Gasteiger partial charge in [-0.05, 0) is 56.2 Å². The van der Waals surface area contributed by atoms with Crippen LogP contribution in [0, 0.1) is 13.8 Å². The molecule has 6 nitrogen and oxygen atoms in total. The summed E-state index contributed by atoms with van der Waals surface area (Å²) in [6.45, 7) is 7.20. The van der Waals surface area contributed by atoms with E-state index in [-0.39, 0.29) is 18.4 Å². The predicted octanol–water partition coefficient (Wildman–Crippen LogP) is 3.47. The Balaban J connectivity index is 2.11. The molecule has 6 heteroatoms. The van der Waals surface area contributed by atoms with Gasteiger partial charge in [0, 0.05) is 12.6 Å². The van der Waals surface area contributed by atoms with Gasteiger partial charge >= 0.3 is 5.97 Å². The molecule has 0 saturated carbocycles.